The summed E-state index contributed by atoms with van der Waals surface area (Å²) in [6, 6.07) is 3.14. The van der Waals surface area contributed by atoms with Crippen LogP contribution in [0.4, 0.5) is 5.69 Å². The zero-order valence-electron chi connectivity index (χ0n) is 6.75. The molecule has 2 N–H and O–H groups in total. The van der Waals surface area contributed by atoms with Crippen molar-refractivity contribution >= 4 is 5.69 Å². The number of anilines is 1. The van der Waals surface area contributed by atoms with Gasteiger partial charge in [0, 0.05) is 12.1 Å². The predicted octanol–water partition coefficient (Wildman–Crippen LogP) is -0.135. The van der Waals surface area contributed by atoms with Crippen molar-refractivity contribution in [2.45, 2.75) is 0 Å². The normalized spacial score (nSPS) is 8.00. The number of hydrogen-bond donors (Lipinski definition) is 1. The summed E-state index contributed by atoms with van der Waals surface area (Å²) in [6.45, 7) is 0. The van der Waals surface area contributed by atoms with Crippen molar-refractivity contribution in [1.82, 2.24) is 0 Å². The number of aromatic amines is 1. The SMILES string of the molecule is O=[N+]([O-])Nc1cc[nH+]cc1.O=[N+]([O-])[O-]. The first-order valence-electron chi connectivity index (χ1n) is 3.21. The molecule has 0 bridgehead atoms. The van der Waals surface area contributed by atoms with E-state index in [1.165, 1.54) is 0 Å². The van der Waals surface area contributed by atoms with Gasteiger partial charge in [0.15, 0.2) is 17.4 Å². The van der Waals surface area contributed by atoms with Gasteiger partial charge in [0.1, 0.15) is 5.69 Å². The molecule has 0 fully saturated rings. The van der Waals surface area contributed by atoms with Crippen LogP contribution in [0.1, 0.15) is 0 Å². The van der Waals surface area contributed by atoms with Crippen LogP contribution in [0, 0.1) is 25.4 Å². The molecule has 0 spiro atoms. The number of pyridine rings is 1. The molecule has 0 saturated heterocycles. The Bertz CT molecular complexity index is 298. The number of nitrogens with one attached hydrogen (secondary N) is 2. The molecule has 0 aliphatic carbocycles. The molecule has 9 heteroatoms. The summed E-state index contributed by atoms with van der Waals surface area (Å²) in [5.41, 5.74) is 2.47. The van der Waals surface area contributed by atoms with Crippen LogP contribution in [0.2, 0.25) is 0 Å². The fourth-order valence-electron chi connectivity index (χ4n) is 0.567. The minimum atomic E-state index is -1.75. The van der Waals surface area contributed by atoms with Gasteiger partial charge in [-0.05, 0) is 0 Å². The quantitative estimate of drug-likeness (QED) is 0.523. The molecule has 14 heavy (non-hydrogen) atoms. The summed E-state index contributed by atoms with van der Waals surface area (Å²) in [5, 5.41) is 24.0. The first kappa shape index (κ1) is 11.6. The van der Waals surface area contributed by atoms with Gasteiger partial charge in [0.05, 0.1) is 5.09 Å². The molecule has 1 rings (SSSR count). The van der Waals surface area contributed by atoms with E-state index in [0.717, 1.165) is 0 Å². The molecule has 0 amide bonds. The third-order valence-electron chi connectivity index (χ3n) is 0.939. The Morgan fingerprint density at radius 2 is 1.57 bits per heavy atom. The third kappa shape index (κ3) is 7.65. The number of aromatic nitrogens is 1. The molecule has 0 atom stereocenters. The molecule has 76 valence electrons. The van der Waals surface area contributed by atoms with Crippen molar-refractivity contribution in [2.24, 2.45) is 0 Å². The van der Waals surface area contributed by atoms with Gasteiger partial charge in [-0.1, -0.05) is 0 Å². The fraction of sp³-hybridized carbons (Fsp3) is 0. The topological polar surface area (TPSA) is 136 Å². The average molecular weight is 202 g/mol. The van der Waals surface area contributed by atoms with E-state index in [-0.39, 0.29) is 0 Å². The van der Waals surface area contributed by atoms with Crippen molar-refractivity contribution < 1.29 is 15.1 Å². The van der Waals surface area contributed by atoms with Crippen LogP contribution in [-0.4, -0.2) is 10.1 Å². The van der Waals surface area contributed by atoms with E-state index in [1.807, 2.05) is 5.43 Å². The Balaban J connectivity index is 0.000000364. The van der Waals surface area contributed by atoms with Crippen LogP contribution in [0.3, 0.4) is 0 Å². The minimum Gasteiger partial charge on any atom is -0.356 e. The van der Waals surface area contributed by atoms with Crippen molar-refractivity contribution in [2.75, 3.05) is 5.43 Å². The monoisotopic (exact) mass is 202 g/mol. The summed E-state index contributed by atoms with van der Waals surface area (Å²) < 4.78 is 0. The van der Waals surface area contributed by atoms with Gasteiger partial charge in [-0.2, -0.15) is 0 Å². The standard InChI is InChI=1S/C5H5N3O2.NO3/c9-8(10)7-5-1-3-6-4-2-5;2-1(3)4/h1-4H,(H,6,7);/q;-1/p+1. The number of nitro groups is 1. The second-order valence-electron chi connectivity index (χ2n) is 1.88. The largest absolute Gasteiger partial charge is 0.356 e. The molecule has 0 aromatic carbocycles. The van der Waals surface area contributed by atoms with Crippen molar-refractivity contribution in [1.29, 1.82) is 0 Å². The maximum absolute atomic E-state index is 9.85. The molecule has 1 heterocycles. The van der Waals surface area contributed by atoms with E-state index >= 15 is 0 Å². The maximum atomic E-state index is 9.85. The van der Waals surface area contributed by atoms with E-state index < -0.39 is 10.1 Å². The van der Waals surface area contributed by atoms with E-state index in [0.29, 0.717) is 5.69 Å². The molecule has 0 unspecified atom stereocenters. The zero-order chi connectivity index (χ0) is 11.0. The highest BCUT2D eigenvalue weighted by molar-refractivity contribution is 5.36. The lowest BCUT2D eigenvalue weighted by molar-refractivity contribution is -0.445. The van der Waals surface area contributed by atoms with Crippen LogP contribution in [0.5, 0.6) is 0 Å². The smallest absolute Gasteiger partial charge is 0.169 e. The Morgan fingerprint density at radius 3 is 1.93 bits per heavy atom. The predicted molar refractivity (Wildman–Crippen MR) is 44.0 cm³/mol. The lowest BCUT2D eigenvalue weighted by Gasteiger charge is -1.90. The van der Waals surface area contributed by atoms with Gasteiger partial charge in [0.25, 0.3) is 0 Å². The Kier molecular flexibility index (Phi) is 5.04. The molecule has 0 radical (unpaired) electrons. The molecule has 0 aliphatic rings. The average Bonchev–Trinajstić information content (AvgIpc) is 2.03. The Morgan fingerprint density at radius 1 is 1.14 bits per heavy atom. The van der Waals surface area contributed by atoms with Crippen LogP contribution < -0.4 is 10.4 Å². The summed E-state index contributed by atoms with van der Waals surface area (Å²) in [7, 11) is 0. The van der Waals surface area contributed by atoms with Crippen LogP contribution in [-0.2, 0) is 0 Å². The molecular formula is C5H6N4O5. The van der Waals surface area contributed by atoms with Gasteiger partial charge >= 0.3 is 0 Å². The minimum absolute atomic E-state index is 0.462. The summed E-state index contributed by atoms with van der Waals surface area (Å²) >= 11 is 0. The molecule has 0 saturated carbocycles. The maximum Gasteiger partial charge on any atom is 0.169 e. The Hall–Kier alpha value is -2.45. The van der Waals surface area contributed by atoms with Gasteiger partial charge < -0.3 is 15.3 Å². The van der Waals surface area contributed by atoms with Gasteiger partial charge in [-0.25, -0.2) is 15.1 Å². The molecule has 1 aromatic rings. The number of hydrazine groups is 1. The first-order valence-corrected chi connectivity index (χ1v) is 3.21. The summed E-state index contributed by atoms with van der Waals surface area (Å²) in [4.78, 5) is 20.8. The zero-order valence-corrected chi connectivity index (χ0v) is 6.75. The van der Waals surface area contributed by atoms with Gasteiger partial charge in [0.2, 0.25) is 0 Å². The van der Waals surface area contributed by atoms with Crippen LogP contribution in [0.25, 0.3) is 0 Å². The van der Waals surface area contributed by atoms with Crippen LogP contribution >= 0.6 is 0 Å². The summed E-state index contributed by atoms with van der Waals surface area (Å²) in [6.07, 6.45) is 3.21. The third-order valence-corrected chi connectivity index (χ3v) is 0.939. The molecular weight excluding hydrogens is 196 g/mol. The summed E-state index contributed by atoms with van der Waals surface area (Å²) in [5.74, 6) is 0. The van der Waals surface area contributed by atoms with E-state index in [2.05, 4.69) is 4.98 Å². The lowest BCUT2D eigenvalue weighted by atomic mass is 10.4. The van der Waals surface area contributed by atoms with E-state index in [1.54, 1.807) is 24.5 Å². The second-order valence-corrected chi connectivity index (χ2v) is 1.88. The number of hydrogen-bond acceptors (Lipinski definition) is 5. The number of H-pyrrole nitrogens is 1. The number of nitrogens with zero attached hydrogens (tertiary/aromatic N) is 2. The molecule has 1 aromatic heterocycles. The van der Waals surface area contributed by atoms with Gasteiger partial charge in [-0.3, -0.25) is 0 Å². The van der Waals surface area contributed by atoms with Crippen molar-refractivity contribution in [3.63, 3.8) is 0 Å². The highest BCUT2D eigenvalue weighted by Gasteiger charge is 1.96. The van der Waals surface area contributed by atoms with E-state index in [9.17, 15) is 10.1 Å². The highest BCUT2D eigenvalue weighted by Crippen LogP contribution is 1.99. The Labute approximate surface area is 77.2 Å². The second kappa shape index (κ2) is 6.11. The van der Waals surface area contributed by atoms with Crippen LogP contribution in [0.15, 0.2) is 24.5 Å². The molecule has 0 aliphatic heterocycles. The number of rotatable bonds is 2. The highest BCUT2D eigenvalue weighted by atomic mass is 16.9. The van der Waals surface area contributed by atoms with E-state index in [4.69, 9.17) is 15.3 Å². The first-order chi connectivity index (χ1) is 6.52. The van der Waals surface area contributed by atoms with Gasteiger partial charge in [-0.15, -0.1) is 5.43 Å². The fourth-order valence-corrected chi connectivity index (χ4v) is 0.567. The van der Waals surface area contributed by atoms with Crippen molar-refractivity contribution in [3.8, 4) is 0 Å². The lowest BCUT2D eigenvalue weighted by Crippen LogP contribution is -2.09. The van der Waals surface area contributed by atoms with Crippen molar-refractivity contribution in [3.05, 3.63) is 50.0 Å². The molecule has 9 nitrogen and oxygen atoms in total.